The summed E-state index contributed by atoms with van der Waals surface area (Å²) >= 11 is 0. The van der Waals surface area contributed by atoms with Crippen LogP contribution in [0.4, 0.5) is 0 Å². The van der Waals surface area contributed by atoms with E-state index in [0.29, 0.717) is 12.3 Å². The minimum atomic E-state index is 0.401. The van der Waals surface area contributed by atoms with Gasteiger partial charge >= 0.3 is 0 Å². The normalized spacial score (nSPS) is 12.5. The number of carbonyl (C=O) groups is 1. The molecule has 0 aliphatic rings. The Bertz CT molecular complexity index is 261. The van der Waals surface area contributed by atoms with Gasteiger partial charge < -0.3 is 4.79 Å². The lowest BCUT2D eigenvalue weighted by Crippen LogP contribution is -1.97. The Hall–Kier alpha value is -1.11. The molecule has 70 valence electrons. The van der Waals surface area contributed by atoms with E-state index in [1.165, 1.54) is 11.1 Å². The molecule has 0 spiro atoms. The molecule has 1 rings (SSSR count). The van der Waals surface area contributed by atoms with Gasteiger partial charge in [0.05, 0.1) is 0 Å². The van der Waals surface area contributed by atoms with E-state index >= 15 is 0 Å². The van der Waals surface area contributed by atoms with E-state index in [-0.39, 0.29) is 0 Å². The molecule has 1 aromatic rings. The fourth-order valence-electron chi connectivity index (χ4n) is 1.49. The standard InChI is InChI=1S/C12H16O/c1-3-11(8-9-13)12-6-4-10(2)5-7-12/h4-7,9,11H,3,8H2,1-2H3/t11-/m1/s1. The molecule has 0 unspecified atom stereocenters. The molecular weight excluding hydrogens is 160 g/mol. The van der Waals surface area contributed by atoms with Crippen molar-refractivity contribution in [2.45, 2.75) is 32.6 Å². The lowest BCUT2D eigenvalue weighted by molar-refractivity contribution is -0.108. The Morgan fingerprint density at radius 2 is 1.92 bits per heavy atom. The van der Waals surface area contributed by atoms with E-state index in [9.17, 15) is 4.79 Å². The molecular formula is C12H16O. The van der Waals surface area contributed by atoms with Gasteiger partial charge in [-0.15, -0.1) is 0 Å². The Labute approximate surface area is 79.8 Å². The summed E-state index contributed by atoms with van der Waals surface area (Å²) in [6.07, 6.45) is 2.68. The third kappa shape index (κ3) is 2.69. The second-order valence-corrected chi connectivity index (χ2v) is 3.42. The van der Waals surface area contributed by atoms with E-state index in [0.717, 1.165) is 12.7 Å². The Morgan fingerprint density at radius 3 is 2.38 bits per heavy atom. The number of carbonyl (C=O) groups excluding carboxylic acids is 1. The van der Waals surface area contributed by atoms with Gasteiger partial charge in [-0.05, 0) is 24.8 Å². The quantitative estimate of drug-likeness (QED) is 0.644. The van der Waals surface area contributed by atoms with Crippen molar-refractivity contribution in [2.75, 3.05) is 0 Å². The first-order valence-electron chi connectivity index (χ1n) is 4.78. The van der Waals surface area contributed by atoms with Gasteiger partial charge in [0.25, 0.3) is 0 Å². The predicted octanol–water partition coefficient (Wildman–Crippen LogP) is 3.08. The summed E-state index contributed by atoms with van der Waals surface area (Å²) in [6, 6.07) is 8.44. The van der Waals surface area contributed by atoms with Crippen LogP contribution in [-0.4, -0.2) is 6.29 Å². The molecule has 0 amide bonds. The molecule has 0 aliphatic heterocycles. The van der Waals surface area contributed by atoms with Gasteiger partial charge in [-0.2, -0.15) is 0 Å². The molecule has 0 bridgehead atoms. The van der Waals surface area contributed by atoms with Crippen molar-refractivity contribution in [1.82, 2.24) is 0 Å². The predicted molar refractivity (Wildman–Crippen MR) is 54.9 cm³/mol. The van der Waals surface area contributed by atoms with E-state index in [2.05, 4.69) is 38.1 Å². The highest BCUT2D eigenvalue weighted by atomic mass is 16.1. The first-order valence-corrected chi connectivity index (χ1v) is 4.78. The maximum Gasteiger partial charge on any atom is 0.120 e. The van der Waals surface area contributed by atoms with Gasteiger partial charge in [0.15, 0.2) is 0 Å². The zero-order valence-electron chi connectivity index (χ0n) is 8.29. The highest BCUT2D eigenvalue weighted by Gasteiger charge is 2.07. The van der Waals surface area contributed by atoms with E-state index in [1.54, 1.807) is 0 Å². The Kier molecular flexibility index (Phi) is 3.69. The highest BCUT2D eigenvalue weighted by molar-refractivity contribution is 5.51. The monoisotopic (exact) mass is 176 g/mol. The number of rotatable bonds is 4. The number of hydrogen-bond acceptors (Lipinski definition) is 1. The van der Waals surface area contributed by atoms with Crippen molar-refractivity contribution in [2.24, 2.45) is 0 Å². The third-order valence-corrected chi connectivity index (χ3v) is 2.42. The van der Waals surface area contributed by atoms with Crippen LogP contribution in [0.5, 0.6) is 0 Å². The average Bonchev–Trinajstić information content (AvgIpc) is 2.16. The number of aldehydes is 1. The van der Waals surface area contributed by atoms with E-state index in [1.807, 2.05) is 0 Å². The summed E-state index contributed by atoms with van der Waals surface area (Å²) in [5.41, 5.74) is 2.55. The van der Waals surface area contributed by atoms with Crippen molar-refractivity contribution in [3.8, 4) is 0 Å². The number of benzene rings is 1. The van der Waals surface area contributed by atoms with Crippen molar-refractivity contribution >= 4 is 6.29 Å². The summed E-state index contributed by atoms with van der Waals surface area (Å²) in [7, 11) is 0. The number of hydrogen-bond donors (Lipinski definition) is 0. The summed E-state index contributed by atoms with van der Waals surface area (Å²) in [5.74, 6) is 0.401. The third-order valence-electron chi connectivity index (χ3n) is 2.42. The molecule has 0 saturated carbocycles. The van der Waals surface area contributed by atoms with Crippen LogP contribution < -0.4 is 0 Å². The molecule has 0 aromatic heterocycles. The molecule has 1 nitrogen and oxygen atoms in total. The second kappa shape index (κ2) is 4.80. The zero-order chi connectivity index (χ0) is 9.68. The SMILES string of the molecule is CC[C@H](CC=O)c1ccc(C)cc1. The largest absolute Gasteiger partial charge is 0.303 e. The summed E-state index contributed by atoms with van der Waals surface area (Å²) in [5, 5.41) is 0. The number of aryl methyl sites for hydroxylation is 1. The van der Waals surface area contributed by atoms with Crippen LogP contribution in [0, 0.1) is 6.92 Å². The molecule has 13 heavy (non-hydrogen) atoms. The van der Waals surface area contributed by atoms with Crippen molar-refractivity contribution in [3.63, 3.8) is 0 Å². The zero-order valence-corrected chi connectivity index (χ0v) is 8.29. The van der Waals surface area contributed by atoms with Gasteiger partial charge in [0, 0.05) is 6.42 Å². The van der Waals surface area contributed by atoms with Crippen LogP contribution in [0.2, 0.25) is 0 Å². The van der Waals surface area contributed by atoms with Gasteiger partial charge in [-0.25, -0.2) is 0 Å². The fraction of sp³-hybridized carbons (Fsp3) is 0.417. The van der Waals surface area contributed by atoms with Crippen LogP contribution in [0.1, 0.15) is 36.8 Å². The molecule has 1 atom stereocenters. The summed E-state index contributed by atoms with van der Waals surface area (Å²) < 4.78 is 0. The Morgan fingerprint density at radius 1 is 1.31 bits per heavy atom. The molecule has 0 saturated heterocycles. The van der Waals surface area contributed by atoms with Gasteiger partial charge in [0.1, 0.15) is 6.29 Å². The van der Waals surface area contributed by atoms with Crippen LogP contribution >= 0.6 is 0 Å². The van der Waals surface area contributed by atoms with Crippen LogP contribution in [0.3, 0.4) is 0 Å². The van der Waals surface area contributed by atoms with E-state index < -0.39 is 0 Å². The maximum absolute atomic E-state index is 10.4. The lowest BCUT2D eigenvalue weighted by atomic mass is 9.93. The summed E-state index contributed by atoms with van der Waals surface area (Å²) in [4.78, 5) is 10.4. The van der Waals surface area contributed by atoms with Crippen molar-refractivity contribution in [3.05, 3.63) is 35.4 Å². The van der Waals surface area contributed by atoms with Crippen LogP contribution in [-0.2, 0) is 4.79 Å². The fourth-order valence-corrected chi connectivity index (χ4v) is 1.49. The molecule has 1 heteroatoms. The second-order valence-electron chi connectivity index (χ2n) is 3.42. The minimum absolute atomic E-state index is 0.401. The first kappa shape index (κ1) is 9.97. The van der Waals surface area contributed by atoms with Crippen molar-refractivity contribution in [1.29, 1.82) is 0 Å². The van der Waals surface area contributed by atoms with E-state index in [4.69, 9.17) is 0 Å². The van der Waals surface area contributed by atoms with Crippen molar-refractivity contribution < 1.29 is 4.79 Å². The smallest absolute Gasteiger partial charge is 0.120 e. The van der Waals surface area contributed by atoms with Gasteiger partial charge in [-0.3, -0.25) is 0 Å². The molecule has 1 aromatic carbocycles. The Balaban J connectivity index is 2.78. The van der Waals surface area contributed by atoms with Crippen LogP contribution in [0.25, 0.3) is 0 Å². The molecule has 0 heterocycles. The first-order chi connectivity index (χ1) is 6.27. The average molecular weight is 176 g/mol. The van der Waals surface area contributed by atoms with Crippen LogP contribution in [0.15, 0.2) is 24.3 Å². The lowest BCUT2D eigenvalue weighted by Gasteiger charge is -2.11. The summed E-state index contributed by atoms with van der Waals surface area (Å²) in [6.45, 7) is 4.19. The van der Waals surface area contributed by atoms with Gasteiger partial charge in [0.2, 0.25) is 0 Å². The molecule has 0 fully saturated rings. The maximum atomic E-state index is 10.4. The molecule has 0 N–H and O–H groups in total. The highest BCUT2D eigenvalue weighted by Crippen LogP contribution is 2.22. The minimum Gasteiger partial charge on any atom is -0.303 e. The molecule has 0 radical (unpaired) electrons. The molecule has 0 aliphatic carbocycles. The topological polar surface area (TPSA) is 17.1 Å². The van der Waals surface area contributed by atoms with Gasteiger partial charge in [-0.1, -0.05) is 36.8 Å².